The van der Waals surface area contributed by atoms with Crippen LogP contribution in [-0.2, 0) is 14.3 Å². The minimum atomic E-state index is -0.944. The summed E-state index contributed by atoms with van der Waals surface area (Å²) in [5, 5.41) is 12.1. The van der Waals surface area contributed by atoms with Crippen LogP contribution in [0.15, 0.2) is 24.3 Å². The van der Waals surface area contributed by atoms with E-state index in [1.54, 1.807) is 6.07 Å². The average Bonchev–Trinajstić information content (AvgIpc) is 2.98. The van der Waals surface area contributed by atoms with Gasteiger partial charge in [-0.3, -0.25) is 9.59 Å². The van der Waals surface area contributed by atoms with Gasteiger partial charge in [0, 0.05) is 9.26 Å². The molecule has 0 spiro atoms. The van der Waals surface area contributed by atoms with E-state index in [1.807, 2.05) is 18.2 Å². The molecule has 1 aromatic rings. The maximum Gasteiger partial charge on any atom is 0.310 e. The van der Waals surface area contributed by atoms with Crippen molar-refractivity contribution in [3.05, 3.63) is 27.8 Å². The maximum absolute atomic E-state index is 12.4. The third-order valence-electron chi connectivity index (χ3n) is 3.95. The topological polar surface area (TPSA) is 75.6 Å². The summed E-state index contributed by atoms with van der Waals surface area (Å²) in [7, 11) is 0. The van der Waals surface area contributed by atoms with Gasteiger partial charge in [0.25, 0.3) is 0 Å². The summed E-state index contributed by atoms with van der Waals surface area (Å²) >= 11 is 2.16. The summed E-state index contributed by atoms with van der Waals surface area (Å²) in [6.07, 6.45) is 0.918. The molecule has 5 nitrogen and oxygen atoms in total. The lowest BCUT2D eigenvalue weighted by atomic mass is 9.78. The number of fused-ring (bicyclic) bond motifs is 2. The number of hydrogen-bond donors (Lipinski definition) is 2. The molecule has 106 valence electrons. The first-order valence-corrected chi connectivity index (χ1v) is 7.59. The third-order valence-corrected chi connectivity index (χ3v) is 4.62. The lowest BCUT2D eigenvalue weighted by Gasteiger charge is -2.23. The standard InChI is InChI=1S/C14H14INO4/c15-7-2-1-3-8(6-7)16-13(17)11-9-4-5-10(20-9)12(11)14(18)19/h1-3,6,9-12H,4-5H2,(H,16,17)(H,18,19)/t9-,10-,11?,12?/m1/s1. The van der Waals surface area contributed by atoms with Gasteiger partial charge in [0.15, 0.2) is 0 Å². The Morgan fingerprint density at radius 3 is 2.60 bits per heavy atom. The Hall–Kier alpha value is -1.15. The fourth-order valence-corrected chi connectivity index (χ4v) is 3.66. The smallest absolute Gasteiger partial charge is 0.310 e. The number of carboxylic acid groups (broad SMARTS) is 1. The highest BCUT2D eigenvalue weighted by Gasteiger charge is 2.55. The van der Waals surface area contributed by atoms with Gasteiger partial charge in [-0.05, 0) is 53.6 Å². The molecule has 2 saturated heterocycles. The molecular formula is C14H14INO4. The highest BCUT2D eigenvalue weighted by molar-refractivity contribution is 14.1. The summed E-state index contributed by atoms with van der Waals surface area (Å²) in [4.78, 5) is 23.7. The number of benzene rings is 1. The van der Waals surface area contributed by atoms with Gasteiger partial charge >= 0.3 is 5.97 Å². The van der Waals surface area contributed by atoms with Crippen molar-refractivity contribution < 1.29 is 19.4 Å². The number of rotatable bonds is 3. The molecule has 2 bridgehead atoms. The molecule has 0 aromatic heterocycles. The molecule has 2 N–H and O–H groups in total. The van der Waals surface area contributed by atoms with Gasteiger partial charge in [0.05, 0.1) is 24.0 Å². The van der Waals surface area contributed by atoms with E-state index >= 15 is 0 Å². The number of hydrogen-bond acceptors (Lipinski definition) is 3. The molecule has 0 radical (unpaired) electrons. The van der Waals surface area contributed by atoms with Crippen molar-refractivity contribution in [2.75, 3.05) is 5.32 Å². The van der Waals surface area contributed by atoms with Crippen LogP contribution in [0.4, 0.5) is 5.69 Å². The first kappa shape index (κ1) is 13.8. The zero-order valence-electron chi connectivity index (χ0n) is 10.6. The second kappa shape index (κ2) is 5.33. The van der Waals surface area contributed by atoms with Crippen molar-refractivity contribution in [2.24, 2.45) is 11.8 Å². The summed E-state index contributed by atoms with van der Waals surface area (Å²) < 4.78 is 6.61. The molecule has 1 aromatic carbocycles. The van der Waals surface area contributed by atoms with Crippen molar-refractivity contribution in [1.82, 2.24) is 0 Å². The number of amides is 1. The molecule has 6 heteroatoms. The lowest BCUT2D eigenvalue weighted by molar-refractivity contribution is -0.147. The summed E-state index contributed by atoms with van der Waals surface area (Å²) in [5.41, 5.74) is 0.689. The van der Waals surface area contributed by atoms with Crippen LogP contribution in [0.5, 0.6) is 0 Å². The molecule has 4 atom stereocenters. The number of ether oxygens (including phenoxy) is 1. The zero-order chi connectivity index (χ0) is 14.3. The van der Waals surface area contributed by atoms with E-state index in [9.17, 15) is 14.7 Å². The first-order valence-electron chi connectivity index (χ1n) is 6.51. The summed E-state index contributed by atoms with van der Waals surface area (Å²) in [6.45, 7) is 0. The lowest BCUT2D eigenvalue weighted by Crippen LogP contribution is -2.40. The van der Waals surface area contributed by atoms with Crippen molar-refractivity contribution in [3.8, 4) is 0 Å². The van der Waals surface area contributed by atoms with Crippen LogP contribution in [0.25, 0.3) is 0 Å². The van der Waals surface area contributed by atoms with Gasteiger partial charge < -0.3 is 15.2 Å². The molecule has 2 aliphatic heterocycles. The van der Waals surface area contributed by atoms with Crippen molar-refractivity contribution in [3.63, 3.8) is 0 Å². The monoisotopic (exact) mass is 387 g/mol. The number of carboxylic acids is 1. The van der Waals surface area contributed by atoms with Gasteiger partial charge in [-0.15, -0.1) is 0 Å². The Morgan fingerprint density at radius 2 is 1.95 bits per heavy atom. The van der Waals surface area contributed by atoms with Crippen molar-refractivity contribution >= 4 is 40.2 Å². The van der Waals surface area contributed by atoms with Gasteiger partial charge in [-0.2, -0.15) is 0 Å². The highest BCUT2D eigenvalue weighted by atomic mass is 127. The van der Waals surface area contributed by atoms with Crippen molar-refractivity contribution in [1.29, 1.82) is 0 Å². The van der Waals surface area contributed by atoms with E-state index in [2.05, 4.69) is 27.9 Å². The SMILES string of the molecule is O=C(O)C1C(C(=O)Nc2cccc(I)c2)[C@H]2CC[C@H]1O2. The van der Waals surface area contributed by atoms with E-state index in [4.69, 9.17) is 4.74 Å². The third kappa shape index (κ3) is 2.42. The number of carbonyl (C=O) groups is 2. The molecule has 2 unspecified atom stereocenters. The Labute approximate surface area is 129 Å². The minimum absolute atomic E-state index is 0.258. The Bertz CT molecular complexity index is 562. The summed E-state index contributed by atoms with van der Waals surface area (Å²) in [5.74, 6) is -2.52. The molecule has 0 aliphatic carbocycles. The number of halogens is 1. The normalized spacial score (nSPS) is 31.2. The van der Waals surface area contributed by atoms with Gasteiger partial charge in [-0.25, -0.2) is 0 Å². The zero-order valence-corrected chi connectivity index (χ0v) is 12.7. The Kier molecular flexibility index (Phi) is 3.68. The van der Waals surface area contributed by atoms with Gasteiger partial charge in [0.1, 0.15) is 0 Å². The predicted octanol–water partition coefficient (Wildman–Crippen LogP) is 2.11. The van der Waals surface area contributed by atoms with E-state index in [-0.39, 0.29) is 18.1 Å². The highest BCUT2D eigenvalue weighted by Crippen LogP contribution is 2.44. The quantitative estimate of drug-likeness (QED) is 0.780. The average molecular weight is 387 g/mol. The Morgan fingerprint density at radius 1 is 1.25 bits per heavy atom. The number of aliphatic carboxylic acids is 1. The second-order valence-electron chi connectivity index (χ2n) is 5.18. The molecule has 1 amide bonds. The number of nitrogens with one attached hydrogen (secondary N) is 1. The fourth-order valence-electron chi connectivity index (χ4n) is 3.12. The first-order chi connectivity index (χ1) is 9.56. The number of carbonyl (C=O) groups excluding carboxylic acids is 1. The van der Waals surface area contributed by atoms with Gasteiger partial charge in [-0.1, -0.05) is 6.07 Å². The van der Waals surface area contributed by atoms with Crippen LogP contribution in [0, 0.1) is 15.4 Å². The molecule has 0 saturated carbocycles. The maximum atomic E-state index is 12.4. The van der Waals surface area contributed by atoms with Crippen LogP contribution >= 0.6 is 22.6 Å². The van der Waals surface area contributed by atoms with E-state index in [1.165, 1.54) is 0 Å². The van der Waals surface area contributed by atoms with Crippen molar-refractivity contribution in [2.45, 2.75) is 25.0 Å². The molecule has 2 heterocycles. The fraction of sp³-hybridized carbons (Fsp3) is 0.429. The predicted molar refractivity (Wildman–Crippen MR) is 80.3 cm³/mol. The second-order valence-corrected chi connectivity index (χ2v) is 6.43. The van der Waals surface area contributed by atoms with Gasteiger partial charge in [0.2, 0.25) is 5.91 Å². The molecule has 3 rings (SSSR count). The van der Waals surface area contributed by atoms with E-state index in [0.29, 0.717) is 5.69 Å². The van der Waals surface area contributed by atoms with Crippen LogP contribution in [0.2, 0.25) is 0 Å². The minimum Gasteiger partial charge on any atom is -0.481 e. The van der Waals surface area contributed by atoms with Crippen LogP contribution < -0.4 is 5.32 Å². The van der Waals surface area contributed by atoms with E-state index < -0.39 is 17.8 Å². The molecule has 2 aliphatic rings. The summed E-state index contributed by atoms with van der Waals surface area (Å²) in [6, 6.07) is 7.42. The van der Waals surface area contributed by atoms with Crippen LogP contribution in [0.3, 0.4) is 0 Å². The number of anilines is 1. The molecular weight excluding hydrogens is 373 g/mol. The van der Waals surface area contributed by atoms with Crippen LogP contribution in [0.1, 0.15) is 12.8 Å². The largest absolute Gasteiger partial charge is 0.481 e. The molecule has 20 heavy (non-hydrogen) atoms. The van der Waals surface area contributed by atoms with E-state index in [0.717, 1.165) is 16.4 Å². The van der Waals surface area contributed by atoms with Crippen LogP contribution in [-0.4, -0.2) is 29.2 Å². The Balaban J connectivity index is 1.78. The molecule has 2 fully saturated rings.